The molecule has 0 atom stereocenters. The highest BCUT2D eigenvalue weighted by Gasteiger charge is 2.26. The quantitative estimate of drug-likeness (QED) is 0.703. The van der Waals surface area contributed by atoms with Crippen LogP contribution in [0.5, 0.6) is 0 Å². The summed E-state index contributed by atoms with van der Waals surface area (Å²) in [4.78, 5) is 12.2. The molecule has 3 rings (SSSR count). The molecule has 0 spiro atoms. The molecule has 2 aromatic rings. The third-order valence-corrected chi connectivity index (χ3v) is 5.00. The van der Waals surface area contributed by atoms with E-state index in [4.69, 9.17) is 4.74 Å². The van der Waals surface area contributed by atoms with Crippen LogP contribution in [-0.4, -0.2) is 49.4 Å². The van der Waals surface area contributed by atoms with Gasteiger partial charge in [0.15, 0.2) is 0 Å². The van der Waals surface area contributed by atoms with Crippen molar-refractivity contribution >= 4 is 10.0 Å². The summed E-state index contributed by atoms with van der Waals surface area (Å²) < 4.78 is 35.7. The second kappa shape index (κ2) is 5.39. The maximum absolute atomic E-state index is 12.4. The number of nitrogens with one attached hydrogen (secondary N) is 1. The Morgan fingerprint density at radius 1 is 1.19 bits per heavy atom. The molecule has 0 saturated carbocycles. The van der Waals surface area contributed by atoms with Gasteiger partial charge in [-0.25, -0.2) is 17.7 Å². The van der Waals surface area contributed by atoms with Crippen molar-refractivity contribution in [3.8, 4) is 5.69 Å². The Labute approximate surface area is 119 Å². The first-order valence-corrected chi connectivity index (χ1v) is 7.68. The fourth-order valence-electron chi connectivity index (χ4n) is 2.01. The number of rotatable bonds is 3. The van der Waals surface area contributed by atoms with E-state index in [-0.39, 0.29) is 4.90 Å². The molecule has 0 bridgehead atoms. The zero-order valence-electron chi connectivity index (χ0n) is 10.9. The summed E-state index contributed by atoms with van der Waals surface area (Å²) in [5, 5.41) is 5.79. The molecule has 1 aromatic heterocycles. The summed E-state index contributed by atoms with van der Waals surface area (Å²) in [6, 6.07) is 5.98. The maximum Gasteiger partial charge on any atom is 0.493 e. The lowest BCUT2D eigenvalue weighted by Crippen LogP contribution is -2.40. The van der Waals surface area contributed by atoms with E-state index in [1.807, 2.05) is 0 Å². The number of aromatic amines is 1. The van der Waals surface area contributed by atoms with Gasteiger partial charge in [0.1, 0.15) is 0 Å². The minimum atomic E-state index is -3.53. The van der Waals surface area contributed by atoms with Crippen LogP contribution < -0.4 is 10.6 Å². The van der Waals surface area contributed by atoms with Crippen LogP contribution in [0, 0.1) is 0 Å². The van der Waals surface area contributed by atoms with Gasteiger partial charge in [-0.1, -0.05) is 5.10 Å². The van der Waals surface area contributed by atoms with Gasteiger partial charge in [0.05, 0.1) is 22.9 Å². The lowest BCUT2D eigenvalue weighted by Gasteiger charge is -2.25. The molecule has 1 N–H and O–H groups in total. The molecule has 0 aliphatic carbocycles. The zero-order chi connectivity index (χ0) is 14.9. The minimum absolute atomic E-state index is 0.180. The molecule has 0 amide bonds. The van der Waals surface area contributed by atoms with Crippen molar-refractivity contribution in [1.29, 1.82) is 0 Å². The molecule has 9 nitrogen and oxygen atoms in total. The number of sulfonamides is 1. The molecule has 112 valence electrons. The number of benzene rings is 1. The lowest BCUT2D eigenvalue weighted by molar-refractivity contribution is -0.725. The van der Waals surface area contributed by atoms with E-state index in [0.717, 1.165) is 4.80 Å². The van der Waals surface area contributed by atoms with Crippen LogP contribution in [0.3, 0.4) is 0 Å². The summed E-state index contributed by atoms with van der Waals surface area (Å²) >= 11 is 0. The first-order valence-electron chi connectivity index (χ1n) is 6.24. The Morgan fingerprint density at radius 3 is 2.43 bits per heavy atom. The minimum Gasteiger partial charge on any atom is -0.379 e. The molecule has 1 aliphatic heterocycles. The average Bonchev–Trinajstić information content (AvgIpc) is 2.95. The van der Waals surface area contributed by atoms with Crippen LogP contribution in [0.15, 0.2) is 38.5 Å². The number of hydrogen-bond acceptors (Lipinski definition) is 6. The van der Waals surface area contributed by atoms with Crippen LogP contribution in [0.2, 0.25) is 0 Å². The van der Waals surface area contributed by atoms with Crippen LogP contribution >= 0.6 is 0 Å². The highest BCUT2D eigenvalue weighted by molar-refractivity contribution is 7.89. The van der Waals surface area contributed by atoms with Crippen molar-refractivity contribution in [1.82, 2.24) is 14.7 Å². The van der Waals surface area contributed by atoms with Gasteiger partial charge in [-0.3, -0.25) is 0 Å². The monoisotopic (exact) mass is 313 g/mol. The van der Waals surface area contributed by atoms with Gasteiger partial charge in [0, 0.05) is 25.2 Å². The molecule has 1 aromatic carbocycles. The number of aromatic nitrogens is 3. The number of hydrogen-bond donors (Lipinski definition) is 1. The molecule has 1 saturated heterocycles. The molecule has 1 fully saturated rings. The van der Waals surface area contributed by atoms with Gasteiger partial charge in [0.2, 0.25) is 15.3 Å². The van der Waals surface area contributed by atoms with Crippen LogP contribution in [0.4, 0.5) is 0 Å². The second-order valence-electron chi connectivity index (χ2n) is 4.39. The molecular formula is C11H13N4O5S+. The number of morpholine rings is 1. The Bertz CT molecular complexity index is 773. The van der Waals surface area contributed by atoms with E-state index in [9.17, 15) is 13.2 Å². The van der Waals surface area contributed by atoms with E-state index in [0.29, 0.717) is 32.0 Å². The van der Waals surface area contributed by atoms with Crippen molar-refractivity contribution in [2.75, 3.05) is 26.3 Å². The van der Waals surface area contributed by atoms with Crippen molar-refractivity contribution < 1.29 is 22.5 Å². The van der Waals surface area contributed by atoms with Gasteiger partial charge in [0.25, 0.3) is 5.69 Å². The normalized spacial score (nSPS) is 17.0. The van der Waals surface area contributed by atoms with Crippen LogP contribution in [-0.2, 0) is 14.8 Å². The fraction of sp³-hybridized carbons (Fsp3) is 0.364. The summed E-state index contributed by atoms with van der Waals surface area (Å²) in [6.07, 6.45) is 0. The molecule has 1 aliphatic rings. The maximum atomic E-state index is 12.4. The number of nitrogens with zero attached hydrogens (tertiary/aromatic N) is 3. The Kier molecular flexibility index (Phi) is 3.57. The first kappa shape index (κ1) is 13.9. The van der Waals surface area contributed by atoms with Gasteiger partial charge in [-0.2, -0.15) is 4.31 Å². The predicted octanol–water partition coefficient (Wildman–Crippen LogP) is -1.34. The van der Waals surface area contributed by atoms with Gasteiger partial charge in [-0.15, -0.1) is 0 Å². The van der Waals surface area contributed by atoms with E-state index >= 15 is 0 Å². The van der Waals surface area contributed by atoms with Crippen molar-refractivity contribution in [3.63, 3.8) is 0 Å². The van der Waals surface area contributed by atoms with E-state index < -0.39 is 15.8 Å². The van der Waals surface area contributed by atoms with Crippen molar-refractivity contribution in [2.24, 2.45) is 0 Å². The van der Waals surface area contributed by atoms with Gasteiger partial charge in [-0.05, 0) is 12.1 Å². The zero-order valence-corrected chi connectivity index (χ0v) is 11.7. The van der Waals surface area contributed by atoms with E-state index in [1.165, 1.54) is 28.6 Å². The summed E-state index contributed by atoms with van der Waals surface area (Å²) in [7, 11) is -3.53. The third kappa shape index (κ3) is 2.73. The molecule has 0 radical (unpaired) electrons. The Morgan fingerprint density at radius 2 is 1.86 bits per heavy atom. The molecule has 0 unspecified atom stereocenters. The summed E-state index contributed by atoms with van der Waals surface area (Å²) in [6.45, 7) is 1.48. The number of ether oxygens (including phenoxy) is 1. The van der Waals surface area contributed by atoms with Crippen molar-refractivity contribution in [2.45, 2.75) is 4.90 Å². The van der Waals surface area contributed by atoms with E-state index in [2.05, 4.69) is 14.9 Å². The fourth-order valence-corrected chi connectivity index (χ4v) is 3.42. The molecular weight excluding hydrogens is 300 g/mol. The number of H-pyrrole nitrogens is 1. The SMILES string of the molecule is O=c1[nH][n+](-c2ccc(S(=O)(=O)N3CCOCC3)cc2)no1. The smallest absolute Gasteiger partial charge is 0.379 e. The standard InChI is InChI=1S/C11H12N4O5S/c16-11-12-15(13-20-11)9-1-3-10(4-2-9)21(17,18)14-5-7-19-8-6-14/h1-4H,5-8H2/p+1. The highest BCUT2D eigenvalue weighted by Crippen LogP contribution is 2.17. The second-order valence-corrected chi connectivity index (χ2v) is 6.33. The molecule has 2 heterocycles. The highest BCUT2D eigenvalue weighted by atomic mass is 32.2. The van der Waals surface area contributed by atoms with Crippen molar-refractivity contribution in [3.05, 3.63) is 34.8 Å². The lowest BCUT2D eigenvalue weighted by atomic mass is 10.3. The Hall–Kier alpha value is -2.04. The van der Waals surface area contributed by atoms with Gasteiger partial charge >= 0.3 is 5.76 Å². The topological polar surface area (TPSA) is 109 Å². The first-order chi connectivity index (χ1) is 10.1. The van der Waals surface area contributed by atoms with Crippen LogP contribution in [0.1, 0.15) is 0 Å². The molecule has 10 heteroatoms. The van der Waals surface area contributed by atoms with E-state index in [1.54, 1.807) is 0 Å². The Balaban J connectivity index is 1.88. The van der Waals surface area contributed by atoms with Crippen LogP contribution in [0.25, 0.3) is 5.69 Å². The third-order valence-electron chi connectivity index (χ3n) is 3.09. The van der Waals surface area contributed by atoms with Gasteiger partial charge < -0.3 is 4.74 Å². The largest absolute Gasteiger partial charge is 0.493 e. The average molecular weight is 313 g/mol. The summed E-state index contributed by atoms with van der Waals surface area (Å²) in [5.41, 5.74) is 0.488. The molecule has 21 heavy (non-hydrogen) atoms. The summed E-state index contributed by atoms with van der Waals surface area (Å²) in [5.74, 6) is -0.694. The predicted molar refractivity (Wildman–Crippen MR) is 68.2 cm³/mol.